The summed E-state index contributed by atoms with van der Waals surface area (Å²) < 4.78 is 5.28. The highest BCUT2D eigenvalue weighted by Crippen LogP contribution is 2.14. The zero-order chi connectivity index (χ0) is 11.4. The van der Waals surface area contributed by atoms with Crippen molar-refractivity contribution in [3.63, 3.8) is 0 Å². The highest BCUT2D eigenvalue weighted by atomic mass is 16.6. The lowest BCUT2D eigenvalue weighted by atomic mass is 10.4. The van der Waals surface area contributed by atoms with Crippen LogP contribution in [0.2, 0.25) is 0 Å². The smallest absolute Gasteiger partial charge is 0.0937 e. The first-order valence-corrected chi connectivity index (χ1v) is 5.82. The van der Waals surface area contributed by atoms with Gasteiger partial charge in [0, 0.05) is 19.6 Å². The van der Waals surface area contributed by atoms with Crippen LogP contribution in [0.1, 0.15) is 0 Å². The average molecular weight is 223 g/mol. The Balaban J connectivity index is 1.85. The van der Waals surface area contributed by atoms with Crippen LogP contribution in [0.4, 0.5) is 0 Å². The van der Waals surface area contributed by atoms with E-state index in [9.17, 15) is 0 Å². The molecule has 0 aromatic rings. The Kier molecular flexibility index (Phi) is 4.12. The van der Waals surface area contributed by atoms with Crippen LogP contribution in [0.5, 0.6) is 0 Å². The molecule has 4 heteroatoms. The molecule has 16 heavy (non-hydrogen) atoms. The minimum absolute atomic E-state index is 0.467. The molecule has 0 radical (unpaired) electrons. The number of nitrogens with zero attached hydrogens (tertiary/aromatic N) is 3. The zero-order valence-corrected chi connectivity index (χ0v) is 9.85. The molecule has 2 saturated heterocycles. The molecule has 90 valence electrons. The van der Waals surface area contributed by atoms with Crippen molar-refractivity contribution in [3.8, 4) is 0 Å². The Morgan fingerprint density at radius 3 is 1.94 bits per heavy atom. The fourth-order valence-electron chi connectivity index (χ4n) is 2.16. The number of hydrogen-bond acceptors (Lipinski definition) is 4. The van der Waals surface area contributed by atoms with Crippen molar-refractivity contribution in [1.82, 2.24) is 14.7 Å². The van der Waals surface area contributed by atoms with Crippen molar-refractivity contribution in [2.24, 2.45) is 0 Å². The van der Waals surface area contributed by atoms with E-state index in [1.165, 1.54) is 0 Å². The molecule has 0 bridgehead atoms. The van der Waals surface area contributed by atoms with Gasteiger partial charge in [-0.25, -0.2) is 0 Å². The minimum Gasteiger partial charge on any atom is -0.372 e. The summed E-state index contributed by atoms with van der Waals surface area (Å²) in [7, 11) is 0. The zero-order valence-electron chi connectivity index (χ0n) is 9.85. The van der Waals surface area contributed by atoms with Gasteiger partial charge < -0.3 is 4.74 Å². The van der Waals surface area contributed by atoms with E-state index in [0.29, 0.717) is 6.10 Å². The van der Waals surface area contributed by atoms with Crippen LogP contribution in [0.25, 0.3) is 0 Å². The van der Waals surface area contributed by atoms with E-state index in [-0.39, 0.29) is 0 Å². The van der Waals surface area contributed by atoms with Crippen molar-refractivity contribution >= 4 is 0 Å². The van der Waals surface area contributed by atoms with E-state index in [0.717, 1.165) is 46.2 Å². The Morgan fingerprint density at radius 2 is 1.50 bits per heavy atom. The third-order valence-electron chi connectivity index (χ3n) is 2.84. The molecule has 0 aromatic heterocycles. The lowest BCUT2D eigenvalue weighted by Gasteiger charge is -2.41. The summed E-state index contributed by atoms with van der Waals surface area (Å²) in [6.45, 7) is 14.5. The van der Waals surface area contributed by atoms with E-state index in [1.807, 2.05) is 12.2 Å². The normalized spacial score (nSPS) is 27.9. The van der Waals surface area contributed by atoms with Gasteiger partial charge in [0.2, 0.25) is 0 Å². The second kappa shape index (κ2) is 5.59. The van der Waals surface area contributed by atoms with Crippen LogP contribution in [0.15, 0.2) is 25.3 Å². The van der Waals surface area contributed by atoms with Gasteiger partial charge in [-0.3, -0.25) is 14.7 Å². The van der Waals surface area contributed by atoms with E-state index >= 15 is 0 Å². The molecule has 2 rings (SSSR count). The fourth-order valence-corrected chi connectivity index (χ4v) is 2.16. The van der Waals surface area contributed by atoms with Crippen LogP contribution in [0.3, 0.4) is 0 Å². The lowest BCUT2D eigenvalue weighted by molar-refractivity contribution is -0.0201. The standard InChI is InChI=1S/C12H21N3O/c1-3-5-13-9-14(6-4-2)11-15(10-13)7-12-8-16-12/h3-4,12H,1-2,5-11H2. The van der Waals surface area contributed by atoms with E-state index < -0.39 is 0 Å². The van der Waals surface area contributed by atoms with Gasteiger partial charge in [-0.15, -0.1) is 13.2 Å². The average Bonchev–Trinajstić information content (AvgIpc) is 3.02. The third-order valence-corrected chi connectivity index (χ3v) is 2.84. The van der Waals surface area contributed by atoms with Gasteiger partial charge >= 0.3 is 0 Å². The molecule has 2 aliphatic heterocycles. The van der Waals surface area contributed by atoms with Crippen molar-refractivity contribution in [3.05, 3.63) is 25.3 Å². The molecule has 0 aliphatic carbocycles. The number of ether oxygens (including phenoxy) is 1. The van der Waals surface area contributed by atoms with E-state index in [1.54, 1.807) is 0 Å². The lowest BCUT2D eigenvalue weighted by Crippen LogP contribution is -2.55. The first kappa shape index (κ1) is 11.8. The van der Waals surface area contributed by atoms with E-state index in [4.69, 9.17) is 4.74 Å². The molecule has 0 spiro atoms. The summed E-state index contributed by atoms with van der Waals surface area (Å²) >= 11 is 0. The van der Waals surface area contributed by atoms with Gasteiger partial charge in [-0.1, -0.05) is 12.2 Å². The van der Waals surface area contributed by atoms with Crippen LogP contribution in [0, 0.1) is 0 Å². The predicted molar refractivity (Wildman–Crippen MR) is 64.9 cm³/mol. The monoisotopic (exact) mass is 223 g/mol. The molecule has 1 atom stereocenters. The first-order chi connectivity index (χ1) is 7.81. The van der Waals surface area contributed by atoms with Gasteiger partial charge in [-0.2, -0.15) is 0 Å². The molecule has 4 nitrogen and oxygen atoms in total. The van der Waals surface area contributed by atoms with Crippen molar-refractivity contribution < 1.29 is 4.74 Å². The molecule has 2 heterocycles. The number of rotatable bonds is 6. The summed E-state index contributed by atoms with van der Waals surface area (Å²) in [6, 6.07) is 0. The Bertz CT molecular complexity index is 235. The molecular formula is C12H21N3O. The maximum absolute atomic E-state index is 5.28. The molecule has 2 fully saturated rings. The summed E-state index contributed by atoms with van der Waals surface area (Å²) in [6.07, 6.45) is 4.39. The quantitative estimate of drug-likeness (QED) is 0.484. The Labute approximate surface area is 97.8 Å². The van der Waals surface area contributed by atoms with Crippen LogP contribution in [-0.4, -0.2) is 67.1 Å². The van der Waals surface area contributed by atoms with E-state index in [2.05, 4.69) is 27.9 Å². The van der Waals surface area contributed by atoms with Gasteiger partial charge in [0.25, 0.3) is 0 Å². The van der Waals surface area contributed by atoms with Gasteiger partial charge in [0.15, 0.2) is 0 Å². The Morgan fingerprint density at radius 1 is 1.00 bits per heavy atom. The van der Waals surface area contributed by atoms with Crippen LogP contribution in [-0.2, 0) is 4.74 Å². The van der Waals surface area contributed by atoms with Crippen LogP contribution >= 0.6 is 0 Å². The molecular weight excluding hydrogens is 202 g/mol. The number of hydrogen-bond donors (Lipinski definition) is 0. The molecule has 2 aliphatic rings. The Hall–Kier alpha value is -0.680. The highest BCUT2D eigenvalue weighted by Gasteiger charge is 2.29. The third kappa shape index (κ3) is 3.42. The van der Waals surface area contributed by atoms with Gasteiger partial charge in [0.05, 0.1) is 32.7 Å². The second-order valence-corrected chi connectivity index (χ2v) is 4.52. The molecule has 0 aromatic carbocycles. The molecule has 0 N–H and O–H groups in total. The fraction of sp³-hybridized carbons (Fsp3) is 0.667. The SMILES string of the molecule is C=CCN1CN(CC=C)CN(CC2CO2)C1. The summed E-state index contributed by atoms with van der Waals surface area (Å²) in [4.78, 5) is 7.18. The molecule has 1 unspecified atom stereocenters. The topological polar surface area (TPSA) is 22.2 Å². The summed E-state index contributed by atoms with van der Waals surface area (Å²) in [5, 5.41) is 0. The van der Waals surface area contributed by atoms with Gasteiger partial charge in [-0.05, 0) is 0 Å². The highest BCUT2D eigenvalue weighted by molar-refractivity contribution is 4.83. The number of epoxide rings is 1. The molecule has 0 saturated carbocycles. The molecule has 0 amide bonds. The summed E-state index contributed by atoms with van der Waals surface area (Å²) in [5.74, 6) is 0. The van der Waals surface area contributed by atoms with Crippen molar-refractivity contribution in [1.29, 1.82) is 0 Å². The largest absolute Gasteiger partial charge is 0.372 e. The van der Waals surface area contributed by atoms with Crippen molar-refractivity contribution in [2.75, 3.05) is 46.2 Å². The predicted octanol–water partition coefficient (Wildman–Crippen LogP) is 0.549. The van der Waals surface area contributed by atoms with Crippen molar-refractivity contribution in [2.45, 2.75) is 6.10 Å². The maximum atomic E-state index is 5.28. The maximum Gasteiger partial charge on any atom is 0.0937 e. The first-order valence-electron chi connectivity index (χ1n) is 5.82. The minimum atomic E-state index is 0.467. The van der Waals surface area contributed by atoms with Crippen LogP contribution < -0.4 is 0 Å². The second-order valence-electron chi connectivity index (χ2n) is 4.52. The summed E-state index contributed by atoms with van der Waals surface area (Å²) in [5.41, 5.74) is 0. The van der Waals surface area contributed by atoms with Gasteiger partial charge in [0.1, 0.15) is 0 Å².